The molecule has 0 fully saturated rings. The van der Waals surface area contributed by atoms with E-state index in [0.717, 1.165) is 0 Å². The van der Waals surface area contributed by atoms with Crippen LogP contribution in [0.2, 0.25) is 0 Å². The maximum absolute atomic E-state index is 11.6. The minimum atomic E-state index is -0.930. The molecule has 0 heterocycles. The molecule has 0 aliphatic carbocycles. The summed E-state index contributed by atoms with van der Waals surface area (Å²) in [5.74, 6) is -1.49. The van der Waals surface area contributed by atoms with E-state index in [9.17, 15) is 19.7 Å². The second-order valence-corrected chi connectivity index (χ2v) is 5.19. The molecule has 8 nitrogen and oxygen atoms in total. The second kappa shape index (κ2) is 7.58. The number of rotatable bonds is 6. The van der Waals surface area contributed by atoms with Gasteiger partial charge in [0.15, 0.2) is 0 Å². The van der Waals surface area contributed by atoms with Gasteiger partial charge in [-0.15, -0.1) is 0 Å². The summed E-state index contributed by atoms with van der Waals surface area (Å²) in [5, 5.41) is 24.4. The molecule has 1 aromatic carbocycles. The number of hydrogen-bond donors (Lipinski definition) is 3. The molecule has 0 aromatic heterocycles. The number of aliphatic carboxylic acids is 1. The predicted octanol–water partition coefficient (Wildman–Crippen LogP) is 2.59. The lowest BCUT2D eigenvalue weighted by molar-refractivity contribution is -0.385. The van der Waals surface area contributed by atoms with E-state index in [1.54, 1.807) is 6.92 Å². The van der Waals surface area contributed by atoms with E-state index in [1.807, 2.05) is 0 Å². The molecule has 114 valence electrons. The monoisotopic (exact) mass is 359 g/mol. The standard InChI is InChI=1S/C12H14BrN3O5/c1-7(11(17)18)4-5-14-12(19)15-8-2-3-9(13)10(6-8)16(20)21/h2-3,6-7H,4-5H2,1H3,(H,17,18)(H2,14,15,19). The van der Waals surface area contributed by atoms with E-state index in [2.05, 4.69) is 26.6 Å². The molecule has 0 aliphatic rings. The third-order valence-electron chi connectivity index (χ3n) is 2.69. The Kier molecular flexibility index (Phi) is 6.10. The Bertz CT molecular complexity index is 564. The first-order valence-corrected chi connectivity index (χ1v) is 6.82. The van der Waals surface area contributed by atoms with E-state index < -0.39 is 22.8 Å². The smallest absolute Gasteiger partial charge is 0.319 e. The van der Waals surface area contributed by atoms with Crippen LogP contribution in [0.4, 0.5) is 16.2 Å². The predicted molar refractivity (Wildman–Crippen MR) is 79.2 cm³/mol. The quantitative estimate of drug-likeness (QED) is 0.532. The van der Waals surface area contributed by atoms with Crippen LogP contribution in [-0.4, -0.2) is 28.6 Å². The van der Waals surface area contributed by atoms with E-state index in [1.165, 1.54) is 18.2 Å². The number of hydrogen-bond acceptors (Lipinski definition) is 4. The van der Waals surface area contributed by atoms with Gasteiger partial charge in [0.05, 0.1) is 15.3 Å². The Labute approximate surface area is 128 Å². The molecule has 0 spiro atoms. The van der Waals surface area contributed by atoms with Gasteiger partial charge >= 0.3 is 12.0 Å². The Morgan fingerprint density at radius 2 is 2.14 bits per heavy atom. The fourth-order valence-corrected chi connectivity index (χ4v) is 1.82. The van der Waals surface area contributed by atoms with Crippen molar-refractivity contribution in [1.82, 2.24) is 5.32 Å². The van der Waals surface area contributed by atoms with Crippen molar-refractivity contribution in [2.24, 2.45) is 5.92 Å². The van der Waals surface area contributed by atoms with Crippen molar-refractivity contribution in [2.45, 2.75) is 13.3 Å². The minimum Gasteiger partial charge on any atom is -0.481 e. The Balaban J connectivity index is 2.54. The van der Waals surface area contributed by atoms with Gasteiger partial charge in [-0.2, -0.15) is 0 Å². The number of carboxylic acid groups (broad SMARTS) is 1. The van der Waals surface area contributed by atoms with Crippen molar-refractivity contribution in [1.29, 1.82) is 0 Å². The molecule has 1 rings (SSSR count). The zero-order valence-electron chi connectivity index (χ0n) is 11.1. The van der Waals surface area contributed by atoms with Gasteiger partial charge in [0, 0.05) is 18.3 Å². The van der Waals surface area contributed by atoms with Crippen molar-refractivity contribution >= 4 is 39.3 Å². The van der Waals surface area contributed by atoms with Gasteiger partial charge in [-0.05, 0) is 34.5 Å². The van der Waals surface area contributed by atoms with Crippen LogP contribution in [0.5, 0.6) is 0 Å². The summed E-state index contributed by atoms with van der Waals surface area (Å²) in [6.45, 7) is 1.73. The van der Waals surface area contributed by atoms with Gasteiger partial charge in [-0.1, -0.05) is 6.92 Å². The zero-order valence-corrected chi connectivity index (χ0v) is 12.7. The van der Waals surface area contributed by atoms with E-state index in [-0.39, 0.29) is 17.9 Å². The van der Waals surface area contributed by atoms with Crippen molar-refractivity contribution < 1.29 is 19.6 Å². The molecular formula is C12H14BrN3O5. The van der Waals surface area contributed by atoms with E-state index in [0.29, 0.717) is 10.9 Å². The van der Waals surface area contributed by atoms with Gasteiger partial charge in [0.25, 0.3) is 5.69 Å². The molecule has 1 unspecified atom stereocenters. The summed E-state index contributed by atoms with van der Waals surface area (Å²) in [4.78, 5) is 32.4. The third kappa shape index (κ3) is 5.38. The summed E-state index contributed by atoms with van der Waals surface area (Å²) in [6.07, 6.45) is 0.295. The number of carboxylic acids is 1. The molecule has 2 amide bonds. The number of nitrogens with zero attached hydrogens (tertiary/aromatic N) is 1. The fraction of sp³-hybridized carbons (Fsp3) is 0.333. The Hall–Kier alpha value is -2.16. The highest BCUT2D eigenvalue weighted by atomic mass is 79.9. The number of nitro groups is 1. The second-order valence-electron chi connectivity index (χ2n) is 4.33. The summed E-state index contributed by atoms with van der Waals surface area (Å²) in [7, 11) is 0. The number of carbonyl (C=O) groups excluding carboxylic acids is 1. The number of nitro benzene ring substituents is 1. The molecule has 1 aromatic rings. The first-order chi connectivity index (χ1) is 9.81. The highest BCUT2D eigenvalue weighted by Gasteiger charge is 2.14. The topological polar surface area (TPSA) is 122 Å². The molecule has 1 atom stereocenters. The largest absolute Gasteiger partial charge is 0.481 e. The first kappa shape index (κ1) is 16.9. The molecular weight excluding hydrogens is 346 g/mol. The van der Waals surface area contributed by atoms with Crippen molar-refractivity contribution in [2.75, 3.05) is 11.9 Å². The molecule has 0 aliphatic heterocycles. The van der Waals surface area contributed by atoms with Gasteiger partial charge in [0.2, 0.25) is 0 Å². The number of urea groups is 1. The summed E-state index contributed by atoms with van der Waals surface area (Å²) in [6, 6.07) is 3.64. The first-order valence-electron chi connectivity index (χ1n) is 6.03. The molecule has 3 N–H and O–H groups in total. The summed E-state index contributed by atoms with van der Waals surface area (Å²) >= 11 is 3.04. The van der Waals surface area contributed by atoms with Crippen LogP contribution < -0.4 is 10.6 Å². The van der Waals surface area contributed by atoms with Crippen LogP contribution >= 0.6 is 15.9 Å². The lowest BCUT2D eigenvalue weighted by Crippen LogP contribution is -2.31. The SMILES string of the molecule is CC(CCNC(=O)Nc1ccc(Br)c([N+](=O)[O-])c1)C(=O)O. The molecule has 0 radical (unpaired) electrons. The average molecular weight is 360 g/mol. The van der Waals surface area contributed by atoms with Crippen LogP contribution in [0, 0.1) is 16.0 Å². The van der Waals surface area contributed by atoms with Crippen LogP contribution in [0.15, 0.2) is 22.7 Å². The van der Waals surface area contributed by atoms with E-state index in [4.69, 9.17) is 5.11 Å². The number of nitrogens with one attached hydrogen (secondary N) is 2. The van der Waals surface area contributed by atoms with Crippen LogP contribution in [-0.2, 0) is 4.79 Å². The normalized spacial score (nSPS) is 11.5. The highest BCUT2D eigenvalue weighted by Crippen LogP contribution is 2.27. The van der Waals surface area contributed by atoms with Crippen LogP contribution in [0.3, 0.4) is 0 Å². The van der Waals surface area contributed by atoms with Crippen molar-refractivity contribution in [3.05, 3.63) is 32.8 Å². The Morgan fingerprint density at radius 1 is 1.48 bits per heavy atom. The summed E-state index contributed by atoms with van der Waals surface area (Å²) in [5.41, 5.74) is 0.112. The van der Waals surface area contributed by atoms with Gasteiger partial charge < -0.3 is 15.7 Å². The number of carbonyl (C=O) groups is 2. The van der Waals surface area contributed by atoms with Crippen molar-refractivity contribution in [3.8, 4) is 0 Å². The van der Waals surface area contributed by atoms with Gasteiger partial charge in [-0.25, -0.2) is 4.79 Å². The molecule has 0 saturated heterocycles. The van der Waals surface area contributed by atoms with Crippen LogP contribution in [0.1, 0.15) is 13.3 Å². The highest BCUT2D eigenvalue weighted by molar-refractivity contribution is 9.10. The summed E-state index contributed by atoms with van der Waals surface area (Å²) < 4.78 is 0.314. The Morgan fingerprint density at radius 3 is 2.71 bits per heavy atom. The van der Waals surface area contributed by atoms with Gasteiger partial charge in [0.1, 0.15) is 0 Å². The lowest BCUT2D eigenvalue weighted by Gasteiger charge is -2.09. The van der Waals surface area contributed by atoms with Crippen molar-refractivity contribution in [3.63, 3.8) is 0 Å². The maximum atomic E-state index is 11.6. The molecule has 21 heavy (non-hydrogen) atoms. The lowest BCUT2D eigenvalue weighted by atomic mass is 10.1. The van der Waals surface area contributed by atoms with E-state index >= 15 is 0 Å². The minimum absolute atomic E-state index is 0.160. The molecule has 0 saturated carbocycles. The number of halogens is 1. The zero-order chi connectivity index (χ0) is 16.0. The third-order valence-corrected chi connectivity index (χ3v) is 3.36. The molecule has 0 bridgehead atoms. The molecule has 9 heteroatoms. The van der Waals surface area contributed by atoms with Crippen LogP contribution in [0.25, 0.3) is 0 Å². The number of amides is 2. The fourth-order valence-electron chi connectivity index (χ4n) is 1.43. The number of anilines is 1. The average Bonchev–Trinajstić information content (AvgIpc) is 2.40. The number of benzene rings is 1. The van der Waals surface area contributed by atoms with Gasteiger partial charge in [-0.3, -0.25) is 14.9 Å². The maximum Gasteiger partial charge on any atom is 0.319 e.